The zero-order valence-corrected chi connectivity index (χ0v) is 9.94. The summed E-state index contributed by atoms with van der Waals surface area (Å²) in [6.07, 6.45) is 2.37. The van der Waals surface area contributed by atoms with Crippen molar-refractivity contribution in [1.82, 2.24) is 0 Å². The fourth-order valence-electron chi connectivity index (χ4n) is 1.54. The Morgan fingerprint density at radius 3 is 2.38 bits per heavy atom. The average Bonchev–Trinajstić information content (AvgIpc) is 2.30. The van der Waals surface area contributed by atoms with Crippen molar-refractivity contribution in [1.29, 1.82) is 0 Å². The standard InChI is InChI=1S/C13H20O3/c1-13(15,10-14)9-3-4-11-5-7-12(16-2)8-6-11/h5-8,14-15H,3-4,9-10H2,1-2H3/t13-/m0/s1. The molecule has 0 aliphatic heterocycles. The number of ether oxygens (including phenoxy) is 1. The highest BCUT2D eigenvalue weighted by Gasteiger charge is 2.17. The molecule has 3 heteroatoms. The van der Waals surface area contributed by atoms with Gasteiger partial charge >= 0.3 is 0 Å². The van der Waals surface area contributed by atoms with E-state index in [-0.39, 0.29) is 6.61 Å². The molecule has 0 saturated carbocycles. The van der Waals surface area contributed by atoms with E-state index in [4.69, 9.17) is 9.84 Å². The summed E-state index contributed by atoms with van der Waals surface area (Å²) < 4.78 is 5.07. The zero-order chi connectivity index (χ0) is 12.0. The van der Waals surface area contributed by atoms with Crippen molar-refractivity contribution in [2.45, 2.75) is 31.8 Å². The third kappa shape index (κ3) is 4.21. The van der Waals surface area contributed by atoms with Crippen LogP contribution in [0.5, 0.6) is 5.75 Å². The Bertz CT molecular complexity index is 303. The Kier molecular flexibility index (Phi) is 4.77. The van der Waals surface area contributed by atoms with Crippen molar-refractivity contribution in [3.8, 4) is 5.75 Å². The lowest BCUT2D eigenvalue weighted by Gasteiger charge is -2.19. The molecule has 1 atom stereocenters. The smallest absolute Gasteiger partial charge is 0.118 e. The summed E-state index contributed by atoms with van der Waals surface area (Å²) in [5.74, 6) is 0.853. The number of benzene rings is 1. The minimum atomic E-state index is -0.952. The lowest BCUT2D eigenvalue weighted by Crippen LogP contribution is -2.28. The average molecular weight is 224 g/mol. The molecule has 0 radical (unpaired) electrons. The first-order chi connectivity index (χ1) is 7.57. The summed E-state index contributed by atoms with van der Waals surface area (Å²) in [6.45, 7) is 1.47. The molecule has 16 heavy (non-hydrogen) atoms. The minimum absolute atomic E-state index is 0.185. The highest BCUT2D eigenvalue weighted by atomic mass is 16.5. The molecule has 3 nitrogen and oxygen atoms in total. The molecule has 0 spiro atoms. The van der Waals surface area contributed by atoms with Gasteiger partial charge in [0.05, 0.1) is 19.3 Å². The monoisotopic (exact) mass is 224 g/mol. The van der Waals surface area contributed by atoms with Gasteiger partial charge in [0.25, 0.3) is 0 Å². The second kappa shape index (κ2) is 5.87. The maximum Gasteiger partial charge on any atom is 0.118 e. The molecule has 0 bridgehead atoms. The number of methoxy groups -OCH3 is 1. The van der Waals surface area contributed by atoms with E-state index in [0.29, 0.717) is 6.42 Å². The summed E-state index contributed by atoms with van der Waals surface area (Å²) in [7, 11) is 1.65. The van der Waals surface area contributed by atoms with Crippen molar-refractivity contribution in [3.05, 3.63) is 29.8 Å². The Morgan fingerprint density at radius 1 is 1.25 bits per heavy atom. The SMILES string of the molecule is COc1ccc(CCC[C@](C)(O)CO)cc1. The number of aliphatic hydroxyl groups excluding tert-OH is 1. The number of aliphatic hydroxyl groups is 2. The van der Waals surface area contributed by atoms with Gasteiger partial charge in [-0.15, -0.1) is 0 Å². The first kappa shape index (κ1) is 13.0. The predicted octanol–water partition coefficient (Wildman–Crippen LogP) is 1.76. The molecular formula is C13H20O3. The van der Waals surface area contributed by atoms with E-state index in [9.17, 15) is 5.11 Å². The number of hydrogen-bond acceptors (Lipinski definition) is 3. The highest BCUT2D eigenvalue weighted by molar-refractivity contribution is 5.27. The van der Waals surface area contributed by atoms with Gasteiger partial charge in [-0.05, 0) is 43.9 Å². The number of rotatable bonds is 6. The zero-order valence-electron chi connectivity index (χ0n) is 9.94. The van der Waals surface area contributed by atoms with Crippen LogP contribution in [0.1, 0.15) is 25.3 Å². The van der Waals surface area contributed by atoms with Gasteiger partial charge in [-0.25, -0.2) is 0 Å². The maximum absolute atomic E-state index is 9.61. The molecule has 0 aromatic heterocycles. The molecular weight excluding hydrogens is 204 g/mol. The van der Waals surface area contributed by atoms with Gasteiger partial charge in [0.1, 0.15) is 5.75 Å². The van der Waals surface area contributed by atoms with Crippen LogP contribution in [0.15, 0.2) is 24.3 Å². The molecule has 1 aromatic carbocycles. The van der Waals surface area contributed by atoms with Crippen LogP contribution in [0.4, 0.5) is 0 Å². The number of hydrogen-bond donors (Lipinski definition) is 2. The molecule has 0 saturated heterocycles. The molecule has 0 fully saturated rings. The Morgan fingerprint density at radius 2 is 1.88 bits per heavy atom. The summed E-state index contributed by atoms with van der Waals surface area (Å²) in [6, 6.07) is 7.90. The second-order valence-electron chi connectivity index (χ2n) is 4.36. The van der Waals surface area contributed by atoms with E-state index in [0.717, 1.165) is 18.6 Å². The van der Waals surface area contributed by atoms with Crippen LogP contribution in [-0.2, 0) is 6.42 Å². The van der Waals surface area contributed by atoms with E-state index in [1.807, 2.05) is 24.3 Å². The molecule has 0 heterocycles. The van der Waals surface area contributed by atoms with Crippen LogP contribution in [-0.4, -0.2) is 29.5 Å². The van der Waals surface area contributed by atoms with Crippen molar-refractivity contribution < 1.29 is 14.9 Å². The summed E-state index contributed by atoms with van der Waals surface area (Å²) in [5, 5.41) is 18.5. The van der Waals surface area contributed by atoms with Crippen LogP contribution < -0.4 is 4.74 Å². The molecule has 1 rings (SSSR count). The van der Waals surface area contributed by atoms with Crippen molar-refractivity contribution in [2.24, 2.45) is 0 Å². The fourth-order valence-corrected chi connectivity index (χ4v) is 1.54. The third-order valence-electron chi connectivity index (χ3n) is 2.68. The molecule has 0 aliphatic rings. The molecule has 2 N–H and O–H groups in total. The first-order valence-corrected chi connectivity index (χ1v) is 5.53. The number of aryl methyl sites for hydroxylation is 1. The topological polar surface area (TPSA) is 49.7 Å². The summed E-state index contributed by atoms with van der Waals surface area (Å²) in [5.41, 5.74) is 0.265. The molecule has 90 valence electrons. The summed E-state index contributed by atoms with van der Waals surface area (Å²) >= 11 is 0. The first-order valence-electron chi connectivity index (χ1n) is 5.53. The molecule has 0 amide bonds. The second-order valence-corrected chi connectivity index (χ2v) is 4.36. The van der Waals surface area contributed by atoms with Gasteiger partial charge in [-0.1, -0.05) is 12.1 Å². The van der Waals surface area contributed by atoms with Gasteiger partial charge in [-0.3, -0.25) is 0 Å². The Hall–Kier alpha value is -1.06. The van der Waals surface area contributed by atoms with E-state index >= 15 is 0 Å². The van der Waals surface area contributed by atoms with E-state index < -0.39 is 5.60 Å². The molecule has 0 aliphatic carbocycles. The predicted molar refractivity (Wildman–Crippen MR) is 63.6 cm³/mol. The van der Waals surface area contributed by atoms with E-state index in [1.165, 1.54) is 5.56 Å². The van der Waals surface area contributed by atoms with Crippen molar-refractivity contribution in [2.75, 3.05) is 13.7 Å². The lowest BCUT2D eigenvalue weighted by molar-refractivity contribution is -0.00640. The normalized spacial score (nSPS) is 14.5. The Labute approximate surface area is 96.7 Å². The van der Waals surface area contributed by atoms with Gasteiger partial charge in [0.2, 0.25) is 0 Å². The summed E-state index contributed by atoms with van der Waals surface area (Å²) in [4.78, 5) is 0. The van der Waals surface area contributed by atoms with Crippen LogP contribution in [0, 0.1) is 0 Å². The molecule has 1 aromatic rings. The van der Waals surface area contributed by atoms with Crippen LogP contribution >= 0.6 is 0 Å². The largest absolute Gasteiger partial charge is 0.497 e. The van der Waals surface area contributed by atoms with Crippen molar-refractivity contribution in [3.63, 3.8) is 0 Å². The minimum Gasteiger partial charge on any atom is -0.497 e. The van der Waals surface area contributed by atoms with Crippen LogP contribution in [0.3, 0.4) is 0 Å². The maximum atomic E-state index is 9.61. The molecule has 0 unspecified atom stereocenters. The lowest BCUT2D eigenvalue weighted by atomic mass is 9.98. The fraction of sp³-hybridized carbons (Fsp3) is 0.538. The van der Waals surface area contributed by atoms with Gasteiger partial charge < -0.3 is 14.9 Å². The van der Waals surface area contributed by atoms with E-state index in [1.54, 1.807) is 14.0 Å². The highest BCUT2D eigenvalue weighted by Crippen LogP contribution is 2.16. The van der Waals surface area contributed by atoms with E-state index in [2.05, 4.69) is 0 Å². The van der Waals surface area contributed by atoms with Crippen molar-refractivity contribution >= 4 is 0 Å². The Balaban J connectivity index is 2.37. The van der Waals surface area contributed by atoms with Gasteiger partial charge in [-0.2, -0.15) is 0 Å². The quantitative estimate of drug-likeness (QED) is 0.774. The third-order valence-corrected chi connectivity index (χ3v) is 2.68. The van der Waals surface area contributed by atoms with Crippen LogP contribution in [0.2, 0.25) is 0 Å². The van der Waals surface area contributed by atoms with Crippen LogP contribution in [0.25, 0.3) is 0 Å². The van der Waals surface area contributed by atoms with Gasteiger partial charge in [0.15, 0.2) is 0 Å². The van der Waals surface area contributed by atoms with Gasteiger partial charge in [0, 0.05) is 0 Å².